The molecular formula is C17H26N2O2S. The number of aromatic nitrogens is 1. The summed E-state index contributed by atoms with van der Waals surface area (Å²) < 4.78 is 0. The molecule has 0 bridgehead atoms. The van der Waals surface area contributed by atoms with Crippen LogP contribution in [0.15, 0.2) is 0 Å². The molecule has 1 amide bonds. The van der Waals surface area contributed by atoms with Crippen molar-refractivity contribution in [3.8, 4) is 0 Å². The molecule has 1 heterocycles. The van der Waals surface area contributed by atoms with E-state index in [4.69, 9.17) is 0 Å². The molecule has 2 saturated carbocycles. The van der Waals surface area contributed by atoms with E-state index in [2.05, 4.69) is 10.3 Å². The lowest BCUT2D eigenvalue weighted by molar-refractivity contribution is 0.0917. The fraction of sp³-hybridized carbons (Fsp3) is 0.765. The van der Waals surface area contributed by atoms with E-state index in [-0.39, 0.29) is 18.6 Å². The van der Waals surface area contributed by atoms with Crippen LogP contribution >= 0.6 is 11.3 Å². The van der Waals surface area contributed by atoms with Gasteiger partial charge in [-0.2, -0.15) is 0 Å². The first kappa shape index (κ1) is 15.9. The molecule has 5 heteroatoms. The molecule has 0 unspecified atom stereocenters. The predicted octanol–water partition coefficient (Wildman–Crippen LogP) is 3.39. The van der Waals surface area contributed by atoms with Gasteiger partial charge in [0.25, 0.3) is 5.91 Å². The van der Waals surface area contributed by atoms with E-state index in [1.54, 1.807) is 11.3 Å². The number of carbonyl (C=O) groups is 1. The summed E-state index contributed by atoms with van der Waals surface area (Å²) in [5, 5.41) is 13.5. The lowest BCUT2D eigenvalue weighted by Crippen LogP contribution is -2.38. The second-order valence-corrected chi connectivity index (χ2v) is 7.85. The fourth-order valence-electron chi connectivity index (χ4n) is 3.72. The molecule has 0 aliphatic heterocycles. The van der Waals surface area contributed by atoms with Crippen molar-refractivity contribution in [3.63, 3.8) is 0 Å². The summed E-state index contributed by atoms with van der Waals surface area (Å²) in [6, 6.07) is 0.256. The number of amides is 1. The maximum atomic E-state index is 12.5. The summed E-state index contributed by atoms with van der Waals surface area (Å²) in [4.78, 5) is 18.0. The molecular weight excluding hydrogens is 296 g/mol. The Hall–Kier alpha value is -0.940. The number of carbonyl (C=O) groups excluding carboxylic acids is 1. The number of nitrogens with one attached hydrogen (secondary N) is 1. The Bertz CT molecular complexity index is 515. The van der Waals surface area contributed by atoms with Crippen LogP contribution < -0.4 is 5.32 Å². The Morgan fingerprint density at radius 3 is 2.55 bits per heavy atom. The molecule has 2 aliphatic carbocycles. The van der Waals surface area contributed by atoms with Crippen molar-refractivity contribution in [1.29, 1.82) is 0 Å². The van der Waals surface area contributed by atoms with Crippen molar-refractivity contribution >= 4 is 17.2 Å². The van der Waals surface area contributed by atoms with E-state index < -0.39 is 0 Å². The van der Waals surface area contributed by atoms with Crippen LogP contribution in [0.2, 0.25) is 0 Å². The molecule has 122 valence electrons. The number of aryl methyl sites for hydroxylation is 1. The van der Waals surface area contributed by atoms with E-state index >= 15 is 0 Å². The van der Waals surface area contributed by atoms with E-state index in [1.165, 1.54) is 25.7 Å². The zero-order valence-electron chi connectivity index (χ0n) is 13.3. The number of thiazole rings is 1. The topological polar surface area (TPSA) is 62.2 Å². The molecule has 0 atom stereocenters. The first-order chi connectivity index (χ1) is 10.7. The summed E-state index contributed by atoms with van der Waals surface area (Å²) >= 11 is 1.60. The minimum atomic E-state index is 0.0479. The SMILES string of the molecule is Cc1nc(C2CCCC2)sc1C(=O)NC1CCC(CO)CC1. The summed E-state index contributed by atoms with van der Waals surface area (Å²) in [5.41, 5.74) is 0.883. The Labute approximate surface area is 136 Å². The Kier molecular flexibility index (Phi) is 5.14. The summed E-state index contributed by atoms with van der Waals surface area (Å²) in [6.45, 7) is 2.23. The Morgan fingerprint density at radius 2 is 1.91 bits per heavy atom. The molecule has 0 aromatic carbocycles. The molecule has 0 radical (unpaired) electrons. The van der Waals surface area contributed by atoms with Gasteiger partial charge in [0, 0.05) is 18.6 Å². The number of hydrogen-bond donors (Lipinski definition) is 2. The second-order valence-electron chi connectivity index (χ2n) is 6.82. The van der Waals surface area contributed by atoms with Crippen LogP contribution in [0.25, 0.3) is 0 Å². The minimum absolute atomic E-state index is 0.0479. The van der Waals surface area contributed by atoms with E-state index in [9.17, 15) is 9.90 Å². The number of aliphatic hydroxyl groups excluding tert-OH is 1. The van der Waals surface area contributed by atoms with Crippen LogP contribution in [-0.2, 0) is 0 Å². The van der Waals surface area contributed by atoms with Gasteiger partial charge in [-0.1, -0.05) is 12.8 Å². The van der Waals surface area contributed by atoms with Crippen LogP contribution in [0.5, 0.6) is 0 Å². The Morgan fingerprint density at radius 1 is 1.23 bits per heavy atom. The highest BCUT2D eigenvalue weighted by atomic mass is 32.1. The van der Waals surface area contributed by atoms with Gasteiger partial charge in [0.2, 0.25) is 0 Å². The second kappa shape index (κ2) is 7.09. The van der Waals surface area contributed by atoms with Gasteiger partial charge in [-0.15, -0.1) is 11.3 Å². The number of hydrogen-bond acceptors (Lipinski definition) is 4. The van der Waals surface area contributed by atoms with Gasteiger partial charge in [-0.3, -0.25) is 4.79 Å². The molecule has 22 heavy (non-hydrogen) atoms. The van der Waals surface area contributed by atoms with Crippen molar-refractivity contribution < 1.29 is 9.90 Å². The molecule has 2 fully saturated rings. The largest absolute Gasteiger partial charge is 0.396 e. The average molecular weight is 322 g/mol. The van der Waals surface area contributed by atoms with Gasteiger partial charge in [0.1, 0.15) is 4.88 Å². The lowest BCUT2D eigenvalue weighted by Gasteiger charge is -2.27. The van der Waals surface area contributed by atoms with Crippen molar-refractivity contribution in [1.82, 2.24) is 10.3 Å². The van der Waals surface area contributed by atoms with Gasteiger partial charge in [0.15, 0.2) is 0 Å². The third kappa shape index (κ3) is 3.51. The van der Waals surface area contributed by atoms with Gasteiger partial charge in [-0.05, 0) is 51.4 Å². The molecule has 1 aromatic rings. The van der Waals surface area contributed by atoms with Gasteiger partial charge in [-0.25, -0.2) is 4.98 Å². The van der Waals surface area contributed by atoms with E-state index in [1.807, 2.05) is 6.92 Å². The smallest absolute Gasteiger partial charge is 0.263 e. The maximum Gasteiger partial charge on any atom is 0.263 e. The van der Waals surface area contributed by atoms with Crippen LogP contribution in [0.4, 0.5) is 0 Å². The molecule has 2 N–H and O–H groups in total. The lowest BCUT2D eigenvalue weighted by atomic mass is 9.86. The van der Waals surface area contributed by atoms with Crippen molar-refractivity contribution in [3.05, 3.63) is 15.6 Å². The summed E-state index contributed by atoms with van der Waals surface area (Å²) in [5.74, 6) is 1.05. The molecule has 4 nitrogen and oxygen atoms in total. The highest BCUT2D eigenvalue weighted by Gasteiger charge is 2.26. The Balaban J connectivity index is 1.60. The first-order valence-electron chi connectivity index (χ1n) is 8.56. The normalized spacial score (nSPS) is 26.3. The predicted molar refractivity (Wildman–Crippen MR) is 88.4 cm³/mol. The van der Waals surface area contributed by atoms with Gasteiger partial charge < -0.3 is 10.4 Å². The third-order valence-corrected chi connectivity index (χ3v) is 6.48. The number of rotatable bonds is 4. The highest BCUT2D eigenvalue weighted by molar-refractivity contribution is 7.13. The van der Waals surface area contributed by atoms with Crippen LogP contribution in [0.3, 0.4) is 0 Å². The van der Waals surface area contributed by atoms with Crippen LogP contribution in [-0.4, -0.2) is 28.6 Å². The molecule has 1 aromatic heterocycles. The molecule has 0 spiro atoms. The molecule has 3 rings (SSSR count). The highest BCUT2D eigenvalue weighted by Crippen LogP contribution is 2.37. The van der Waals surface area contributed by atoms with Crippen molar-refractivity contribution in [2.45, 2.75) is 70.3 Å². The standard InChI is InChI=1S/C17H26N2O2S/c1-11-15(22-17(18-11)13-4-2-3-5-13)16(21)19-14-8-6-12(10-20)7-9-14/h12-14,20H,2-10H2,1H3,(H,19,21). The van der Waals surface area contributed by atoms with Crippen LogP contribution in [0, 0.1) is 12.8 Å². The average Bonchev–Trinajstić information content (AvgIpc) is 3.17. The van der Waals surface area contributed by atoms with E-state index in [0.717, 1.165) is 41.3 Å². The van der Waals surface area contributed by atoms with Crippen LogP contribution in [0.1, 0.15) is 77.7 Å². The zero-order valence-corrected chi connectivity index (χ0v) is 14.1. The number of nitrogens with zero attached hydrogens (tertiary/aromatic N) is 1. The third-order valence-electron chi connectivity index (χ3n) is 5.16. The fourth-order valence-corrected chi connectivity index (χ4v) is 4.85. The van der Waals surface area contributed by atoms with Gasteiger partial charge >= 0.3 is 0 Å². The zero-order chi connectivity index (χ0) is 15.5. The van der Waals surface area contributed by atoms with Crippen molar-refractivity contribution in [2.75, 3.05) is 6.61 Å². The number of aliphatic hydroxyl groups is 1. The molecule has 2 aliphatic rings. The quantitative estimate of drug-likeness (QED) is 0.893. The first-order valence-corrected chi connectivity index (χ1v) is 9.38. The summed E-state index contributed by atoms with van der Waals surface area (Å²) in [6.07, 6.45) is 9.00. The molecule has 0 saturated heterocycles. The maximum absolute atomic E-state index is 12.5. The van der Waals surface area contributed by atoms with Gasteiger partial charge in [0.05, 0.1) is 10.7 Å². The monoisotopic (exact) mass is 322 g/mol. The van der Waals surface area contributed by atoms with E-state index in [0.29, 0.717) is 11.8 Å². The minimum Gasteiger partial charge on any atom is -0.396 e. The van der Waals surface area contributed by atoms with Crippen molar-refractivity contribution in [2.24, 2.45) is 5.92 Å². The summed E-state index contributed by atoms with van der Waals surface area (Å²) in [7, 11) is 0.